The highest BCUT2D eigenvalue weighted by Gasteiger charge is 2.12. The molecule has 100 valence electrons. The smallest absolute Gasteiger partial charge is 0.260 e. The van der Waals surface area contributed by atoms with E-state index in [0.717, 1.165) is 13.0 Å². The number of anilines is 2. The van der Waals surface area contributed by atoms with Crippen LogP contribution in [0.4, 0.5) is 11.6 Å². The highest BCUT2D eigenvalue weighted by atomic mass is 16.1. The van der Waals surface area contributed by atoms with Gasteiger partial charge in [0.1, 0.15) is 5.82 Å². The fourth-order valence-corrected chi connectivity index (χ4v) is 1.64. The number of aryl methyl sites for hydroxylation is 1. The lowest BCUT2D eigenvalue weighted by Gasteiger charge is -2.09. The zero-order valence-electron chi connectivity index (χ0n) is 11.1. The van der Waals surface area contributed by atoms with Crippen LogP contribution in [0.15, 0.2) is 30.6 Å². The van der Waals surface area contributed by atoms with Crippen LogP contribution in [0.1, 0.15) is 23.7 Å². The molecule has 1 amide bonds. The zero-order chi connectivity index (χ0) is 13.7. The van der Waals surface area contributed by atoms with Gasteiger partial charge in [0.2, 0.25) is 0 Å². The van der Waals surface area contributed by atoms with E-state index in [4.69, 9.17) is 0 Å². The molecule has 2 rings (SSSR count). The van der Waals surface area contributed by atoms with Crippen LogP contribution in [0.5, 0.6) is 0 Å². The van der Waals surface area contributed by atoms with Crippen LogP contribution in [-0.2, 0) is 7.05 Å². The molecule has 6 nitrogen and oxygen atoms in total. The molecule has 2 aromatic heterocycles. The second-order valence-corrected chi connectivity index (χ2v) is 4.16. The molecule has 0 spiro atoms. The Labute approximate surface area is 111 Å². The second-order valence-electron chi connectivity index (χ2n) is 4.16. The summed E-state index contributed by atoms with van der Waals surface area (Å²) in [6.45, 7) is 2.84. The first-order chi connectivity index (χ1) is 9.20. The van der Waals surface area contributed by atoms with Crippen molar-refractivity contribution in [3.8, 4) is 0 Å². The van der Waals surface area contributed by atoms with Crippen molar-refractivity contribution in [3.05, 3.63) is 36.2 Å². The van der Waals surface area contributed by atoms with Crippen LogP contribution < -0.4 is 10.6 Å². The number of hydrogen-bond donors (Lipinski definition) is 2. The Bertz CT molecular complexity index is 564. The molecular weight excluding hydrogens is 242 g/mol. The average Bonchev–Trinajstić information content (AvgIpc) is 2.82. The Hall–Kier alpha value is -2.37. The molecule has 0 aliphatic heterocycles. The maximum atomic E-state index is 12.2. The number of carbonyl (C=O) groups excluding carboxylic acids is 1. The van der Waals surface area contributed by atoms with Crippen LogP contribution in [0.25, 0.3) is 0 Å². The van der Waals surface area contributed by atoms with Crippen molar-refractivity contribution in [1.82, 2.24) is 14.8 Å². The van der Waals surface area contributed by atoms with E-state index in [-0.39, 0.29) is 5.91 Å². The van der Waals surface area contributed by atoms with Gasteiger partial charge in [-0.3, -0.25) is 9.48 Å². The summed E-state index contributed by atoms with van der Waals surface area (Å²) in [7, 11) is 1.80. The van der Waals surface area contributed by atoms with Crippen molar-refractivity contribution < 1.29 is 4.79 Å². The van der Waals surface area contributed by atoms with Gasteiger partial charge in [-0.1, -0.05) is 6.92 Å². The van der Waals surface area contributed by atoms with Gasteiger partial charge >= 0.3 is 0 Å². The largest absolute Gasteiger partial charge is 0.369 e. The van der Waals surface area contributed by atoms with Gasteiger partial charge in [0.05, 0.1) is 5.56 Å². The lowest BCUT2D eigenvalue weighted by atomic mass is 10.2. The number of amides is 1. The molecule has 0 radical (unpaired) electrons. The van der Waals surface area contributed by atoms with Crippen LogP contribution in [-0.4, -0.2) is 27.2 Å². The average molecular weight is 259 g/mol. The topological polar surface area (TPSA) is 71.8 Å². The van der Waals surface area contributed by atoms with E-state index in [1.807, 2.05) is 0 Å². The molecule has 0 saturated heterocycles. The van der Waals surface area contributed by atoms with Gasteiger partial charge < -0.3 is 10.6 Å². The highest BCUT2D eigenvalue weighted by Crippen LogP contribution is 2.13. The summed E-state index contributed by atoms with van der Waals surface area (Å²) in [5.41, 5.74) is 0.515. The summed E-state index contributed by atoms with van der Waals surface area (Å²) in [6, 6.07) is 5.22. The second kappa shape index (κ2) is 5.99. The molecule has 0 aromatic carbocycles. The predicted octanol–water partition coefficient (Wildman–Crippen LogP) is 1.89. The summed E-state index contributed by atoms with van der Waals surface area (Å²) in [6.07, 6.45) is 4.41. The molecule has 2 heterocycles. The summed E-state index contributed by atoms with van der Waals surface area (Å²) in [5, 5.41) is 9.99. The van der Waals surface area contributed by atoms with E-state index in [0.29, 0.717) is 17.2 Å². The van der Waals surface area contributed by atoms with Gasteiger partial charge in [-0.2, -0.15) is 5.10 Å². The van der Waals surface area contributed by atoms with E-state index in [1.54, 1.807) is 42.3 Å². The standard InChI is InChI=1S/C13H17N5O/c1-3-7-14-12-10(5-4-8-15-12)13(19)16-11-6-9-18(2)17-11/h4-6,8-9H,3,7H2,1-2H3,(H,14,15)(H,16,17,19). The first-order valence-electron chi connectivity index (χ1n) is 6.20. The number of nitrogens with zero attached hydrogens (tertiary/aromatic N) is 3. The maximum Gasteiger partial charge on any atom is 0.260 e. The molecule has 6 heteroatoms. The number of rotatable bonds is 5. The molecule has 0 bridgehead atoms. The first-order valence-corrected chi connectivity index (χ1v) is 6.20. The minimum absolute atomic E-state index is 0.217. The molecule has 2 aromatic rings. The van der Waals surface area contributed by atoms with E-state index in [2.05, 4.69) is 27.6 Å². The first kappa shape index (κ1) is 13.1. The van der Waals surface area contributed by atoms with Crippen LogP contribution in [0, 0.1) is 0 Å². The molecule has 0 fully saturated rings. The van der Waals surface area contributed by atoms with Crippen molar-refractivity contribution in [2.45, 2.75) is 13.3 Å². The van der Waals surface area contributed by atoms with Gasteiger partial charge in [0.25, 0.3) is 5.91 Å². The minimum Gasteiger partial charge on any atom is -0.369 e. The van der Waals surface area contributed by atoms with E-state index >= 15 is 0 Å². The third-order valence-electron chi connectivity index (χ3n) is 2.55. The van der Waals surface area contributed by atoms with Crippen molar-refractivity contribution in [3.63, 3.8) is 0 Å². The molecule has 0 unspecified atom stereocenters. The molecular formula is C13H17N5O. The normalized spacial score (nSPS) is 10.2. The lowest BCUT2D eigenvalue weighted by Crippen LogP contribution is -2.16. The van der Waals surface area contributed by atoms with Crippen LogP contribution >= 0.6 is 0 Å². The van der Waals surface area contributed by atoms with Crippen LogP contribution in [0.2, 0.25) is 0 Å². The molecule has 0 aliphatic rings. The number of nitrogens with one attached hydrogen (secondary N) is 2. The van der Waals surface area contributed by atoms with Crippen molar-refractivity contribution >= 4 is 17.5 Å². The summed E-state index contributed by atoms with van der Waals surface area (Å²) < 4.78 is 1.63. The Morgan fingerprint density at radius 1 is 1.42 bits per heavy atom. The summed E-state index contributed by atoms with van der Waals surface area (Å²) in [5.74, 6) is 0.904. The molecule has 0 aliphatic carbocycles. The fraction of sp³-hybridized carbons (Fsp3) is 0.308. The van der Waals surface area contributed by atoms with Crippen molar-refractivity contribution in [2.75, 3.05) is 17.2 Å². The number of aromatic nitrogens is 3. The third-order valence-corrected chi connectivity index (χ3v) is 2.55. The monoisotopic (exact) mass is 259 g/mol. The van der Waals surface area contributed by atoms with E-state index in [9.17, 15) is 4.79 Å². The minimum atomic E-state index is -0.217. The fourth-order valence-electron chi connectivity index (χ4n) is 1.64. The van der Waals surface area contributed by atoms with Crippen molar-refractivity contribution in [2.24, 2.45) is 7.05 Å². The summed E-state index contributed by atoms with van der Waals surface area (Å²) >= 11 is 0. The van der Waals surface area contributed by atoms with E-state index < -0.39 is 0 Å². The van der Waals surface area contributed by atoms with Gasteiger partial charge in [-0.15, -0.1) is 0 Å². The Balaban J connectivity index is 2.14. The number of hydrogen-bond acceptors (Lipinski definition) is 4. The molecule has 2 N–H and O–H groups in total. The molecule has 0 saturated carbocycles. The number of pyridine rings is 1. The van der Waals surface area contributed by atoms with Gasteiger partial charge in [0, 0.05) is 32.1 Å². The van der Waals surface area contributed by atoms with Crippen LogP contribution in [0.3, 0.4) is 0 Å². The van der Waals surface area contributed by atoms with E-state index in [1.165, 1.54) is 0 Å². The Kier molecular flexibility index (Phi) is 4.12. The summed E-state index contributed by atoms with van der Waals surface area (Å²) in [4.78, 5) is 16.4. The molecule has 0 atom stereocenters. The lowest BCUT2D eigenvalue weighted by molar-refractivity contribution is 0.102. The maximum absolute atomic E-state index is 12.2. The predicted molar refractivity (Wildman–Crippen MR) is 74.2 cm³/mol. The van der Waals surface area contributed by atoms with Crippen molar-refractivity contribution in [1.29, 1.82) is 0 Å². The highest BCUT2D eigenvalue weighted by molar-refractivity contribution is 6.06. The SMILES string of the molecule is CCCNc1ncccc1C(=O)Nc1ccn(C)n1. The quantitative estimate of drug-likeness (QED) is 0.860. The van der Waals surface area contributed by atoms with Gasteiger partial charge in [0.15, 0.2) is 5.82 Å². The molecule has 19 heavy (non-hydrogen) atoms. The van der Waals surface area contributed by atoms with Gasteiger partial charge in [-0.25, -0.2) is 4.98 Å². The third kappa shape index (κ3) is 3.31. The Morgan fingerprint density at radius 2 is 2.26 bits per heavy atom. The zero-order valence-corrected chi connectivity index (χ0v) is 11.1. The number of carbonyl (C=O) groups is 1. The van der Waals surface area contributed by atoms with Gasteiger partial charge in [-0.05, 0) is 18.6 Å². The Morgan fingerprint density at radius 3 is 2.95 bits per heavy atom.